The summed E-state index contributed by atoms with van der Waals surface area (Å²) in [5.74, 6) is 0.704. The van der Waals surface area contributed by atoms with Gasteiger partial charge in [-0.2, -0.15) is 0 Å². The molecule has 170 valence electrons. The van der Waals surface area contributed by atoms with Crippen molar-refractivity contribution in [2.75, 3.05) is 20.2 Å². The molecule has 0 aromatic heterocycles. The first-order valence-electron chi connectivity index (χ1n) is 11.1. The Morgan fingerprint density at radius 2 is 2.07 bits per heavy atom. The van der Waals surface area contributed by atoms with Gasteiger partial charge in [0.05, 0.1) is 12.7 Å². The first-order valence-corrected chi connectivity index (χ1v) is 11.1. The van der Waals surface area contributed by atoms with Crippen molar-refractivity contribution < 1.29 is 24.8 Å². The molecule has 0 saturated carbocycles. The number of ether oxygens (including phenoxy) is 2. The second-order valence-corrected chi connectivity index (χ2v) is 8.49. The van der Waals surface area contributed by atoms with Gasteiger partial charge in [-0.15, -0.1) is 0 Å². The maximum atomic E-state index is 10.1. The van der Waals surface area contributed by atoms with Crippen molar-refractivity contribution in [3.8, 4) is 5.75 Å². The molecule has 0 amide bonds. The Morgan fingerprint density at radius 3 is 2.70 bits per heavy atom. The zero-order chi connectivity index (χ0) is 22.3. The van der Waals surface area contributed by atoms with Crippen LogP contribution in [0, 0.1) is 6.92 Å². The van der Waals surface area contributed by atoms with E-state index < -0.39 is 24.6 Å². The van der Waals surface area contributed by atoms with Crippen molar-refractivity contribution in [1.29, 1.82) is 0 Å². The van der Waals surface area contributed by atoms with E-state index in [4.69, 9.17) is 9.47 Å². The van der Waals surface area contributed by atoms with Crippen molar-refractivity contribution in [1.82, 2.24) is 4.90 Å². The van der Waals surface area contributed by atoms with Crippen molar-refractivity contribution in [2.45, 2.75) is 84.0 Å². The van der Waals surface area contributed by atoms with Crippen molar-refractivity contribution >= 4 is 5.57 Å². The van der Waals surface area contributed by atoms with E-state index in [1.165, 1.54) is 5.57 Å². The first kappa shape index (κ1) is 24.8. The summed E-state index contributed by atoms with van der Waals surface area (Å²) >= 11 is 0. The molecule has 0 spiro atoms. The fraction of sp³-hybridized carbons (Fsp3) is 0.667. The number of hydrogen-bond donors (Lipinski definition) is 3. The van der Waals surface area contributed by atoms with E-state index in [0.29, 0.717) is 11.8 Å². The summed E-state index contributed by atoms with van der Waals surface area (Å²) in [6, 6.07) is 6.42. The Balaban J connectivity index is 2.28. The van der Waals surface area contributed by atoms with Crippen LogP contribution in [0.25, 0.3) is 5.57 Å². The van der Waals surface area contributed by atoms with Crippen molar-refractivity contribution in [3.63, 3.8) is 0 Å². The Bertz CT molecular complexity index is 690. The lowest BCUT2D eigenvalue weighted by Gasteiger charge is -2.36. The molecule has 0 aliphatic carbocycles. The number of aliphatic hydroxyl groups is 3. The topological polar surface area (TPSA) is 82.4 Å². The largest absolute Gasteiger partial charge is 0.464 e. The van der Waals surface area contributed by atoms with Gasteiger partial charge in [0, 0.05) is 24.6 Å². The van der Waals surface area contributed by atoms with E-state index in [0.717, 1.165) is 36.9 Å². The summed E-state index contributed by atoms with van der Waals surface area (Å²) in [7, 11) is 2.13. The molecule has 2 rings (SSSR count). The maximum absolute atomic E-state index is 10.1. The Morgan fingerprint density at radius 1 is 1.33 bits per heavy atom. The highest BCUT2D eigenvalue weighted by molar-refractivity contribution is 5.73. The molecule has 3 N–H and O–H groups in total. The van der Waals surface area contributed by atoms with Crippen LogP contribution in [-0.2, 0) is 4.74 Å². The molecule has 1 fully saturated rings. The number of allylic oxidation sites excluding steroid dienone is 1. The molecule has 1 aromatic carbocycles. The quantitative estimate of drug-likeness (QED) is 0.539. The third-order valence-corrected chi connectivity index (χ3v) is 5.82. The number of unbranched alkanes of at least 4 members (excludes halogenated alkanes) is 1. The molecule has 1 heterocycles. The molecule has 1 aliphatic heterocycles. The van der Waals surface area contributed by atoms with Gasteiger partial charge in [-0.25, -0.2) is 0 Å². The molecule has 1 aromatic rings. The third kappa shape index (κ3) is 6.53. The van der Waals surface area contributed by atoms with Gasteiger partial charge in [-0.3, -0.25) is 0 Å². The predicted molar refractivity (Wildman–Crippen MR) is 119 cm³/mol. The number of aryl methyl sites for hydroxylation is 1. The first-order chi connectivity index (χ1) is 14.3. The molecular formula is C24H39NO5. The zero-order valence-electron chi connectivity index (χ0n) is 19.0. The molecule has 1 aliphatic rings. The fourth-order valence-electron chi connectivity index (χ4n) is 3.64. The minimum atomic E-state index is -1.11. The predicted octanol–water partition coefficient (Wildman–Crippen LogP) is 3.12. The van der Waals surface area contributed by atoms with Gasteiger partial charge < -0.3 is 29.7 Å². The average molecular weight is 422 g/mol. The minimum Gasteiger partial charge on any atom is -0.464 e. The molecule has 1 saturated heterocycles. The van der Waals surface area contributed by atoms with Crippen LogP contribution in [0.2, 0.25) is 0 Å². The Hall–Kier alpha value is -1.44. The summed E-state index contributed by atoms with van der Waals surface area (Å²) in [6.45, 7) is 9.19. The fourth-order valence-corrected chi connectivity index (χ4v) is 3.64. The smallest absolute Gasteiger partial charge is 0.202 e. The van der Waals surface area contributed by atoms with Crippen molar-refractivity contribution in [2.24, 2.45) is 0 Å². The molecular weight excluding hydrogens is 382 g/mol. The molecule has 30 heavy (non-hydrogen) atoms. The SMILES string of the molecule is CCC/C=C(/CCN(C)C(C)C)c1c(C)cccc1O[C@@H]1CC(O)[C@H](O)C(CO)O1. The zero-order valence-corrected chi connectivity index (χ0v) is 19.0. The van der Waals surface area contributed by atoms with Crippen LogP contribution in [-0.4, -0.2) is 71.1 Å². The summed E-state index contributed by atoms with van der Waals surface area (Å²) in [5.41, 5.74) is 3.43. The van der Waals surface area contributed by atoms with Gasteiger partial charge in [0.15, 0.2) is 0 Å². The van der Waals surface area contributed by atoms with Gasteiger partial charge >= 0.3 is 0 Å². The molecule has 4 atom stereocenters. The molecule has 2 unspecified atom stereocenters. The van der Waals surface area contributed by atoms with Gasteiger partial charge in [0.1, 0.15) is 18.0 Å². The van der Waals surface area contributed by atoms with Gasteiger partial charge in [0.2, 0.25) is 6.29 Å². The van der Waals surface area contributed by atoms with Crippen LogP contribution in [0.4, 0.5) is 0 Å². The van der Waals surface area contributed by atoms with E-state index >= 15 is 0 Å². The number of nitrogens with zero attached hydrogens (tertiary/aromatic N) is 1. The van der Waals surface area contributed by atoms with E-state index in [9.17, 15) is 15.3 Å². The lowest BCUT2D eigenvalue weighted by molar-refractivity contribution is -0.230. The number of hydrogen-bond acceptors (Lipinski definition) is 6. The monoisotopic (exact) mass is 421 g/mol. The maximum Gasteiger partial charge on any atom is 0.202 e. The van der Waals surface area contributed by atoms with Crippen LogP contribution in [0.3, 0.4) is 0 Å². The average Bonchev–Trinajstić information content (AvgIpc) is 2.71. The second-order valence-electron chi connectivity index (χ2n) is 8.49. The standard InChI is InChI=1S/C24H39NO5/c1-6-7-10-18(12-13-25(5)16(2)3)23-17(4)9-8-11-20(23)29-22-14-19(27)24(28)21(15-26)30-22/h8-11,16,19,21-22,24,26-28H,6-7,12-15H2,1-5H3/b18-10-/t19?,21?,22-,24-/m0/s1. The summed E-state index contributed by atoms with van der Waals surface area (Å²) < 4.78 is 11.9. The van der Waals surface area contributed by atoms with Crippen LogP contribution in [0.15, 0.2) is 24.3 Å². The number of rotatable bonds is 10. The van der Waals surface area contributed by atoms with Crippen molar-refractivity contribution in [3.05, 3.63) is 35.4 Å². The number of aliphatic hydroxyl groups excluding tert-OH is 3. The van der Waals surface area contributed by atoms with Gasteiger partial charge in [0.25, 0.3) is 0 Å². The summed E-state index contributed by atoms with van der Waals surface area (Å²) in [6.07, 6.45) is 1.71. The van der Waals surface area contributed by atoms with Crippen LogP contribution >= 0.6 is 0 Å². The highest BCUT2D eigenvalue weighted by Gasteiger charge is 2.37. The molecule has 0 radical (unpaired) electrons. The van der Waals surface area contributed by atoms with Crippen LogP contribution < -0.4 is 4.74 Å². The van der Waals surface area contributed by atoms with Gasteiger partial charge in [-0.05, 0) is 57.9 Å². The van der Waals surface area contributed by atoms with E-state index in [1.54, 1.807) is 0 Å². The van der Waals surface area contributed by atoms with Gasteiger partial charge in [-0.1, -0.05) is 31.6 Å². The lowest BCUT2D eigenvalue weighted by Crippen LogP contribution is -2.51. The van der Waals surface area contributed by atoms with E-state index in [1.807, 2.05) is 12.1 Å². The molecule has 0 bridgehead atoms. The summed E-state index contributed by atoms with van der Waals surface area (Å²) in [5, 5.41) is 29.6. The normalized spacial score (nSPS) is 25.2. The lowest BCUT2D eigenvalue weighted by atomic mass is 9.95. The minimum absolute atomic E-state index is 0.148. The van der Waals surface area contributed by atoms with Crippen LogP contribution in [0.5, 0.6) is 5.75 Å². The molecule has 6 heteroatoms. The Kier molecular flexibility index (Phi) is 9.78. The third-order valence-electron chi connectivity index (χ3n) is 5.82. The number of benzene rings is 1. The molecule has 6 nitrogen and oxygen atoms in total. The second kappa shape index (κ2) is 11.8. The van der Waals surface area contributed by atoms with E-state index in [-0.39, 0.29) is 13.0 Å². The van der Waals surface area contributed by atoms with E-state index in [2.05, 4.69) is 51.8 Å². The van der Waals surface area contributed by atoms with Crippen LogP contribution in [0.1, 0.15) is 57.6 Å². The summed E-state index contributed by atoms with van der Waals surface area (Å²) in [4.78, 5) is 2.33. The Labute approximate surface area is 181 Å². The highest BCUT2D eigenvalue weighted by Crippen LogP contribution is 2.34. The highest BCUT2D eigenvalue weighted by atomic mass is 16.7.